The Morgan fingerprint density at radius 2 is 1.72 bits per heavy atom. The molecule has 158 valence electrons. The number of halogens is 6. The van der Waals surface area contributed by atoms with Gasteiger partial charge in [-0.2, -0.15) is 31.6 Å². The molecule has 29 heavy (non-hydrogen) atoms. The van der Waals surface area contributed by atoms with E-state index in [1.54, 1.807) is 26.0 Å². The number of rotatable bonds is 3. The van der Waals surface area contributed by atoms with E-state index in [-0.39, 0.29) is 5.56 Å². The SMILES string of the molecule is CCC(=O)NC(/C(C#N)=C1\NC(C)(C)Cc2ccccc21)(C(F)(F)F)C(F)(F)F. The molecule has 1 aliphatic heterocycles. The number of amides is 1. The van der Waals surface area contributed by atoms with E-state index in [0.717, 1.165) is 18.3 Å². The van der Waals surface area contributed by atoms with E-state index in [2.05, 4.69) is 5.32 Å². The third-order valence-corrected chi connectivity index (χ3v) is 4.62. The zero-order valence-electron chi connectivity index (χ0n) is 15.8. The van der Waals surface area contributed by atoms with Gasteiger partial charge in [0, 0.05) is 17.5 Å². The second-order valence-corrected chi connectivity index (χ2v) is 7.35. The smallest absolute Gasteiger partial charge is 0.378 e. The summed E-state index contributed by atoms with van der Waals surface area (Å²) >= 11 is 0. The maximum Gasteiger partial charge on any atom is 0.425 e. The molecule has 0 aromatic heterocycles. The highest BCUT2D eigenvalue weighted by molar-refractivity contribution is 5.82. The van der Waals surface area contributed by atoms with Gasteiger partial charge in [-0.1, -0.05) is 31.2 Å². The first-order valence-corrected chi connectivity index (χ1v) is 8.66. The molecule has 10 heteroatoms. The van der Waals surface area contributed by atoms with Crippen molar-refractivity contribution >= 4 is 11.6 Å². The molecule has 0 aliphatic carbocycles. The highest BCUT2D eigenvalue weighted by Crippen LogP contribution is 2.50. The third-order valence-electron chi connectivity index (χ3n) is 4.62. The standard InChI is InChI=1S/C19H19F6N3O/c1-4-14(29)27-17(18(20,21)22,19(23,24)25)13(10-26)15-12-8-6-5-7-11(12)9-16(2,3)28-15/h5-8,28H,4,9H2,1-3H3,(H,27,29)/b15-13-. The summed E-state index contributed by atoms with van der Waals surface area (Å²) in [6, 6.07) is 7.05. The van der Waals surface area contributed by atoms with Gasteiger partial charge in [0.2, 0.25) is 5.91 Å². The van der Waals surface area contributed by atoms with Crippen LogP contribution in [-0.2, 0) is 11.2 Å². The van der Waals surface area contributed by atoms with Crippen molar-refractivity contribution in [1.29, 1.82) is 5.26 Å². The summed E-state index contributed by atoms with van der Waals surface area (Å²) in [5, 5.41) is 13.2. The minimum absolute atomic E-state index is 0.0481. The lowest BCUT2D eigenvalue weighted by atomic mass is 9.79. The maximum atomic E-state index is 14.0. The van der Waals surface area contributed by atoms with Crippen LogP contribution >= 0.6 is 0 Å². The summed E-state index contributed by atoms with van der Waals surface area (Å²) in [5.74, 6) is -1.49. The van der Waals surface area contributed by atoms with Crippen LogP contribution in [0.25, 0.3) is 5.70 Å². The number of nitrogens with one attached hydrogen (secondary N) is 2. The molecule has 0 spiro atoms. The summed E-state index contributed by atoms with van der Waals surface area (Å²) in [6.07, 6.45) is -12.4. The molecular weight excluding hydrogens is 400 g/mol. The van der Waals surface area contributed by atoms with E-state index >= 15 is 0 Å². The highest BCUT2D eigenvalue weighted by Gasteiger charge is 2.75. The van der Waals surface area contributed by atoms with Gasteiger partial charge in [-0.3, -0.25) is 4.79 Å². The quantitative estimate of drug-likeness (QED) is 0.569. The maximum absolute atomic E-state index is 14.0. The Kier molecular flexibility index (Phi) is 5.67. The topological polar surface area (TPSA) is 64.9 Å². The molecule has 2 N–H and O–H groups in total. The fourth-order valence-electron chi connectivity index (χ4n) is 3.31. The van der Waals surface area contributed by atoms with Crippen molar-refractivity contribution in [2.24, 2.45) is 0 Å². The Morgan fingerprint density at radius 1 is 1.17 bits per heavy atom. The minimum atomic E-state index is -6.02. The molecule has 1 aromatic rings. The fourth-order valence-corrected chi connectivity index (χ4v) is 3.31. The second-order valence-electron chi connectivity index (χ2n) is 7.35. The van der Waals surface area contributed by atoms with E-state index in [0.29, 0.717) is 12.0 Å². The van der Waals surface area contributed by atoms with Gasteiger partial charge in [0.05, 0.1) is 11.3 Å². The molecule has 0 atom stereocenters. The molecule has 0 saturated heterocycles. The number of alkyl halides is 6. The lowest BCUT2D eigenvalue weighted by Crippen LogP contribution is -2.69. The van der Waals surface area contributed by atoms with Gasteiger partial charge in [0.25, 0.3) is 5.54 Å². The van der Waals surface area contributed by atoms with Crippen LogP contribution in [0.1, 0.15) is 38.3 Å². The minimum Gasteiger partial charge on any atom is -0.378 e. The molecule has 0 unspecified atom stereocenters. The number of hydrogen-bond acceptors (Lipinski definition) is 3. The molecule has 1 aromatic carbocycles. The monoisotopic (exact) mass is 419 g/mol. The van der Waals surface area contributed by atoms with Gasteiger partial charge in [0.1, 0.15) is 6.07 Å². The van der Waals surface area contributed by atoms with Gasteiger partial charge in [-0.15, -0.1) is 0 Å². The first-order valence-electron chi connectivity index (χ1n) is 8.66. The average molecular weight is 419 g/mol. The van der Waals surface area contributed by atoms with Crippen molar-refractivity contribution in [3.63, 3.8) is 0 Å². The van der Waals surface area contributed by atoms with E-state index in [1.165, 1.54) is 12.1 Å². The average Bonchev–Trinajstić information content (AvgIpc) is 2.58. The highest BCUT2D eigenvalue weighted by atomic mass is 19.4. The van der Waals surface area contributed by atoms with Crippen molar-refractivity contribution in [3.8, 4) is 6.07 Å². The van der Waals surface area contributed by atoms with E-state index in [4.69, 9.17) is 0 Å². The molecule has 0 fully saturated rings. The Balaban J connectivity index is 2.98. The third kappa shape index (κ3) is 3.91. The first-order chi connectivity index (χ1) is 13.2. The Labute approximate surface area is 163 Å². The van der Waals surface area contributed by atoms with Crippen molar-refractivity contribution in [3.05, 3.63) is 41.0 Å². The van der Waals surface area contributed by atoms with Gasteiger partial charge in [-0.05, 0) is 25.8 Å². The number of fused-ring (bicyclic) bond motifs is 1. The van der Waals surface area contributed by atoms with Gasteiger partial charge >= 0.3 is 12.4 Å². The van der Waals surface area contributed by atoms with Crippen LogP contribution in [-0.4, -0.2) is 29.3 Å². The summed E-state index contributed by atoms with van der Waals surface area (Å²) in [4.78, 5) is 11.7. The summed E-state index contributed by atoms with van der Waals surface area (Å²) in [5.41, 5.74) is -7.51. The first kappa shape index (κ1) is 22.6. The van der Waals surface area contributed by atoms with Crippen LogP contribution in [0.4, 0.5) is 26.3 Å². The van der Waals surface area contributed by atoms with Crippen molar-refractivity contribution < 1.29 is 31.1 Å². The Bertz CT molecular complexity index is 863. The number of carbonyl (C=O) groups is 1. The van der Waals surface area contributed by atoms with E-state index in [1.807, 2.05) is 0 Å². The van der Waals surface area contributed by atoms with Crippen molar-refractivity contribution in [2.45, 2.75) is 57.0 Å². The van der Waals surface area contributed by atoms with Crippen LogP contribution in [0.3, 0.4) is 0 Å². The predicted octanol–water partition coefficient (Wildman–Crippen LogP) is 4.24. The second kappa shape index (κ2) is 7.28. The van der Waals surface area contributed by atoms with E-state index < -0.39 is 47.0 Å². The lowest BCUT2D eigenvalue weighted by Gasteiger charge is -2.41. The van der Waals surface area contributed by atoms with Crippen LogP contribution < -0.4 is 10.6 Å². The normalized spacial score (nSPS) is 18.2. The van der Waals surface area contributed by atoms with Crippen LogP contribution in [0.5, 0.6) is 0 Å². The molecule has 1 aliphatic rings. The number of hydrogen-bond donors (Lipinski definition) is 2. The molecule has 0 radical (unpaired) electrons. The number of benzene rings is 1. The fraction of sp³-hybridized carbons (Fsp3) is 0.474. The molecule has 1 heterocycles. The zero-order chi connectivity index (χ0) is 22.3. The molecule has 1 amide bonds. The molecular formula is C19H19F6N3O. The van der Waals surface area contributed by atoms with Crippen molar-refractivity contribution in [1.82, 2.24) is 10.6 Å². The van der Waals surface area contributed by atoms with Crippen LogP contribution in [0.15, 0.2) is 29.8 Å². The van der Waals surface area contributed by atoms with Gasteiger partial charge in [-0.25, -0.2) is 0 Å². The lowest BCUT2D eigenvalue weighted by molar-refractivity contribution is -0.291. The van der Waals surface area contributed by atoms with Crippen LogP contribution in [0.2, 0.25) is 0 Å². The summed E-state index contributed by atoms with van der Waals surface area (Å²) in [7, 11) is 0. The Hall–Kier alpha value is -2.70. The largest absolute Gasteiger partial charge is 0.425 e. The van der Waals surface area contributed by atoms with E-state index in [9.17, 15) is 36.4 Å². The molecule has 0 saturated carbocycles. The van der Waals surface area contributed by atoms with Gasteiger partial charge in [0.15, 0.2) is 0 Å². The van der Waals surface area contributed by atoms with Crippen LogP contribution in [0, 0.1) is 11.3 Å². The number of carbonyl (C=O) groups excluding carboxylic acids is 1. The predicted molar refractivity (Wildman–Crippen MR) is 93.2 cm³/mol. The number of nitrogens with zero attached hydrogens (tertiary/aromatic N) is 1. The zero-order valence-corrected chi connectivity index (χ0v) is 15.8. The molecule has 2 rings (SSSR count). The molecule has 4 nitrogen and oxygen atoms in total. The number of nitriles is 1. The molecule has 0 bridgehead atoms. The van der Waals surface area contributed by atoms with Gasteiger partial charge < -0.3 is 10.6 Å². The summed E-state index contributed by atoms with van der Waals surface area (Å²) < 4.78 is 83.9. The Morgan fingerprint density at radius 3 is 2.21 bits per heavy atom. The summed E-state index contributed by atoms with van der Waals surface area (Å²) in [6.45, 7) is 4.29. The van der Waals surface area contributed by atoms with Crippen molar-refractivity contribution in [2.75, 3.05) is 0 Å².